The Kier molecular flexibility index (Phi) is 5.46. The zero-order valence-electron chi connectivity index (χ0n) is 15.2. The Bertz CT molecular complexity index is 947. The first-order chi connectivity index (χ1) is 13.3. The number of amides is 1. The Morgan fingerprint density at radius 1 is 1.18 bits per heavy atom. The molecule has 1 amide bonds. The van der Waals surface area contributed by atoms with Crippen LogP contribution < -0.4 is 21.0 Å². The summed E-state index contributed by atoms with van der Waals surface area (Å²) in [6, 6.07) is 6.73. The van der Waals surface area contributed by atoms with Gasteiger partial charge in [0.05, 0.1) is 12.2 Å². The highest BCUT2D eigenvalue weighted by atomic mass is 19.1. The summed E-state index contributed by atoms with van der Waals surface area (Å²) in [7, 11) is 1.72. The Hall–Kier alpha value is -3.20. The van der Waals surface area contributed by atoms with Crippen LogP contribution in [0, 0.1) is 11.6 Å². The minimum absolute atomic E-state index is 0.0365. The first-order valence-electron chi connectivity index (χ1n) is 8.55. The predicted molar refractivity (Wildman–Crippen MR) is 100 cm³/mol. The lowest BCUT2D eigenvalue weighted by Gasteiger charge is -2.17. The molecule has 148 valence electrons. The van der Waals surface area contributed by atoms with Gasteiger partial charge in [0.1, 0.15) is 11.8 Å². The fraction of sp³-hybridized carbons (Fsp3) is 0.263. The normalized spacial score (nSPS) is 17.4. The summed E-state index contributed by atoms with van der Waals surface area (Å²) in [5, 5.41) is 14.9. The SMILES string of the molecule is CNC(C)C1CN(c2cc(F)c(Nc3ccc(O)c(=O)cc3)c(F)c2)C(=O)O1. The largest absolute Gasteiger partial charge is 0.504 e. The molecule has 0 radical (unpaired) electrons. The predicted octanol–water partition coefficient (Wildman–Crippen LogP) is 2.71. The maximum atomic E-state index is 14.5. The lowest BCUT2D eigenvalue weighted by atomic mass is 10.1. The Morgan fingerprint density at radius 2 is 1.82 bits per heavy atom. The number of carbonyl (C=O) groups is 1. The van der Waals surface area contributed by atoms with Crippen molar-refractivity contribution < 1.29 is 23.4 Å². The number of likely N-dealkylation sites (N-methyl/N-ethyl adjacent to an activating group) is 1. The van der Waals surface area contributed by atoms with Gasteiger partial charge in [0.25, 0.3) is 0 Å². The number of hydrogen-bond donors (Lipinski definition) is 3. The first kappa shape index (κ1) is 19.6. The second-order valence-electron chi connectivity index (χ2n) is 6.39. The van der Waals surface area contributed by atoms with Crippen LogP contribution in [-0.4, -0.2) is 36.9 Å². The minimum Gasteiger partial charge on any atom is -0.504 e. The molecular formula is C19H19F2N3O4. The van der Waals surface area contributed by atoms with E-state index in [9.17, 15) is 23.5 Å². The third kappa shape index (κ3) is 3.89. The smallest absolute Gasteiger partial charge is 0.414 e. The van der Waals surface area contributed by atoms with E-state index in [0.717, 1.165) is 24.3 Å². The van der Waals surface area contributed by atoms with Gasteiger partial charge < -0.3 is 20.5 Å². The minimum atomic E-state index is -0.925. The number of nitrogens with one attached hydrogen (secondary N) is 2. The average molecular weight is 391 g/mol. The molecule has 3 rings (SSSR count). The van der Waals surface area contributed by atoms with Gasteiger partial charge in [0.2, 0.25) is 5.43 Å². The molecule has 2 atom stereocenters. The van der Waals surface area contributed by atoms with Crippen LogP contribution in [0.5, 0.6) is 5.75 Å². The van der Waals surface area contributed by atoms with E-state index in [1.165, 1.54) is 17.0 Å². The van der Waals surface area contributed by atoms with Crippen molar-refractivity contribution in [2.75, 3.05) is 23.8 Å². The summed E-state index contributed by atoms with van der Waals surface area (Å²) in [5.41, 5.74) is -0.835. The van der Waals surface area contributed by atoms with Gasteiger partial charge in [0, 0.05) is 23.9 Å². The zero-order chi connectivity index (χ0) is 20.4. The lowest BCUT2D eigenvalue weighted by molar-refractivity contribution is 0.123. The van der Waals surface area contributed by atoms with Gasteiger partial charge in [0.15, 0.2) is 17.4 Å². The maximum Gasteiger partial charge on any atom is 0.414 e. The van der Waals surface area contributed by atoms with Crippen LogP contribution in [0.2, 0.25) is 0 Å². The van der Waals surface area contributed by atoms with Crippen molar-refractivity contribution in [1.82, 2.24) is 5.32 Å². The number of aromatic hydroxyl groups is 1. The Morgan fingerprint density at radius 3 is 2.46 bits per heavy atom. The summed E-state index contributed by atoms with van der Waals surface area (Å²) in [4.78, 5) is 24.6. The number of carbonyl (C=O) groups excluding carboxylic acids is 1. The zero-order valence-corrected chi connectivity index (χ0v) is 15.2. The van der Waals surface area contributed by atoms with Crippen LogP contribution in [0.25, 0.3) is 0 Å². The van der Waals surface area contributed by atoms with E-state index in [1.807, 2.05) is 6.92 Å². The quantitative estimate of drug-likeness (QED) is 0.726. The van der Waals surface area contributed by atoms with Gasteiger partial charge in [-0.15, -0.1) is 0 Å². The van der Waals surface area contributed by atoms with Gasteiger partial charge in [-0.25, -0.2) is 13.6 Å². The van der Waals surface area contributed by atoms with Crippen molar-refractivity contribution in [3.63, 3.8) is 0 Å². The summed E-state index contributed by atoms with van der Waals surface area (Å²) in [6.45, 7) is 1.99. The molecule has 7 nitrogen and oxygen atoms in total. The van der Waals surface area contributed by atoms with Gasteiger partial charge in [-0.3, -0.25) is 9.69 Å². The molecule has 2 unspecified atom stereocenters. The molecule has 0 aromatic heterocycles. The summed E-state index contributed by atoms with van der Waals surface area (Å²) in [5.74, 6) is -2.33. The Labute approximate surface area is 159 Å². The molecule has 1 aliphatic rings. The van der Waals surface area contributed by atoms with Gasteiger partial charge in [-0.2, -0.15) is 0 Å². The molecular weight excluding hydrogens is 372 g/mol. The van der Waals surface area contributed by atoms with Gasteiger partial charge in [-0.1, -0.05) is 0 Å². The van der Waals surface area contributed by atoms with Crippen molar-refractivity contribution in [2.45, 2.75) is 19.1 Å². The van der Waals surface area contributed by atoms with E-state index in [0.29, 0.717) is 0 Å². The standard InChI is InChI=1S/C19H19F2N3O4/c1-10(22-2)17-9-24(19(27)28-17)12-7-13(20)18(14(21)8-12)23-11-3-5-15(25)16(26)6-4-11/h3-8,10,17,22-23H,9H2,1-2H3,(H,25,26). The molecule has 0 bridgehead atoms. The highest BCUT2D eigenvalue weighted by Crippen LogP contribution is 2.31. The maximum absolute atomic E-state index is 14.5. The second kappa shape index (κ2) is 7.81. The van der Waals surface area contributed by atoms with E-state index >= 15 is 0 Å². The van der Waals surface area contributed by atoms with Crippen molar-refractivity contribution >= 4 is 23.2 Å². The number of cyclic esters (lactones) is 1. The molecule has 0 spiro atoms. The van der Waals surface area contributed by atoms with Crippen LogP contribution in [-0.2, 0) is 4.74 Å². The topological polar surface area (TPSA) is 90.9 Å². The number of anilines is 3. The fourth-order valence-electron chi connectivity index (χ4n) is 2.76. The molecule has 0 aliphatic carbocycles. The van der Waals surface area contributed by atoms with Crippen LogP contribution in [0.1, 0.15) is 6.92 Å². The van der Waals surface area contributed by atoms with Crippen LogP contribution in [0.4, 0.5) is 30.6 Å². The van der Waals surface area contributed by atoms with Crippen LogP contribution in [0.3, 0.4) is 0 Å². The molecule has 9 heteroatoms. The second-order valence-corrected chi connectivity index (χ2v) is 6.39. The van der Waals surface area contributed by atoms with E-state index < -0.39 is 40.7 Å². The van der Waals surface area contributed by atoms with E-state index in [2.05, 4.69) is 10.6 Å². The van der Waals surface area contributed by atoms with E-state index in [-0.39, 0.29) is 24.0 Å². The Balaban J connectivity index is 1.87. The first-order valence-corrected chi connectivity index (χ1v) is 8.55. The highest BCUT2D eigenvalue weighted by molar-refractivity contribution is 5.90. The van der Waals surface area contributed by atoms with Crippen molar-refractivity contribution in [1.29, 1.82) is 0 Å². The molecule has 2 aromatic rings. The third-order valence-corrected chi connectivity index (χ3v) is 4.54. The van der Waals surface area contributed by atoms with Crippen LogP contribution >= 0.6 is 0 Å². The van der Waals surface area contributed by atoms with E-state index in [4.69, 9.17) is 4.74 Å². The van der Waals surface area contributed by atoms with Gasteiger partial charge in [-0.05, 0) is 38.2 Å². The third-order valence-electron chi connectivity index (χ3n) is 4.54. The number of benzene rings is 1. The van der Waals surface area contributed by atoms with Crippen molar-refractivity contribution in [2.24, 2.45) is 0 Å². The summed E-state index contributed by atoms with van der Waals surface area (Å²) >= 11 is 0. The fourth-order valence-corrected chi connectivity index (χ4v) is 2.76. The molecule has 1 aliphatic heterocycles. The van der Waals surface area contributed by atoms with E-state index in [1.54, 1.807) is 7.05 Å². The number of ether oxygens (including phenoxy) is 1. The molecule has 1 fully saturated rings. The lowest BCUT2D eigenvalue weighted by Crippen LogP contribution is -2.37. The molecule has 0 saturated carbocycles. The molecule has 28 heavy (non-hydrogen) atoms. The molecule has 1 heterocycles. The van der Waals surface area contributed by atoms with Crippen LogP contribution in [0.15, 0.2) is 41.2 Å². The molecule has 1 saturated heterocycles. The summed E-state index contributed by atoms with van der Waals surface area (Å²) in [6.07, 6.45) is -1.13. The van der Waals surface area contributed by atoms with Gasteiger partial charge >= 0.3 is 6.09 Å². The average Bonchev–Trinajstić information content (AvgIpc) is 2.98. The van der Waals surface area contributed by atoms with Crippen molar-refractivity contribution in [3.05, 3.63) is 58.3 Å². The highest BCUT2D eigenvalue weighted by Gasteiger charge is 2.35. The number of halogens is 2. The summed E-state index contributed by atoms with van der Waals surface area (Å²) < 4.78 is 34.3. The number of hydrogen-bond acceptors (Lipinski definition) is 6. The monoisotopic (exact) mass is 391 g/mol. The molecule has 2 aromatic carbocycles. The molecule has 3 N–H and O–H groups in total. The number of nitrogens with zero attached hydrogens (tertiary/aromatic N) is 1. The van der Waals surface area contributed by atoms with Crippen molar-refractivity contribution in [3.8, 4) is 5.75 Å². The number of rotatable bonds is 5.